The Morgan fingerprint density at radius 2 is 0.515 bits per heavy atom. The lowest BCUT2D eigenvalue weighted by Crippen LogP contribution is -2.61. The Morgan fingerprint density at radius 3 is 0.897 bits per heavy atom. The number of hydrogen-bond donors (Lipinski definition) is 0. The van der Waals surface area contributed by atoms with Crippen molar-refractivity contribution in [1.82, 2.24) is 9.13 Å². The number of hydrogen-bond acceptors (Lipinski definition) is 2. The lowest BCUT2D eigenvalue weighted by Gasteiger charge is -2.45. The van der Waals surface area contributed by atoms with E-state index in [1.54, 1.807) is 0 Å². The zero-order chi connectivity index (χ0) is 63.0. The number of fused-ring (bicyclic) bond motifs is 30. The molecule has 15 aromatic carbocycles. The molecule has 17 aromatic rings. The molecule has 23 rings (SSSR count). The predicted octanol–water partition coefficient (Wildman–Crippen LogP) is 20.7. The average Bonchev–Trinajstić information content (AvgIpc) is 1.54. The van der Waals surface area contributed by atoms with Crippen molar-refractivity contribution in [2.75, 3.05) is 9.80 Å². The highest BCUT2D eigenvalue weighted by atomic mass is 15.2. The topological polar surface area (TPSA) is 16.3 Å². The Morgan fingerprint density at radius 1 is 0.206 bits per heavy atom. The normalized spacial score (nSPS) is 16.5. The van der Waals surface area contributed by atoms with Crippen molar-refractivity contribution in [3.05, 3.63) is 378 Å². The second-order valence-electron chi connectivity index (χ2n) is 27.3. The number of nitrogens with zero attached hydrogens (tertiary/aromatic N) is 4. The number of aromatic nitrogens is 2. The lowest BCUT2D eigenvalue weighted by molar-refractivity contribution is 0.792. The molecule has 6 aliphatic rings. The van der Waals surface area contributed by atoms with Gasteiger partial charge in [0.1, 0.15) is 0 Å². The van der Waals surface area contributed by atoms with Crippen LogP contribution in [0.25, 0.3) is 99.5 Å². The van der Waals surface area contributed by atoms with E-state index >= 15 is 0 Å². The van der Waals surface area contributed by atoms with E-state index < -0.39 is 10.8 Å². The van der Waals surface area contributed by atoms with Crippen molar-refractivity contribution >= 4 is 101 Å². The van der Waals surface area contributed by atoms with E-state index in [1.165, 1.54) is 172 Å². The maximum atomic E-state index is 2.65. The van der Waals surface area contributed by atoms with Gasteiger partial charge in [-0.2, -0.15) is 0 Å². The van der Waals surface area contributed by atoms with Crippen molar-refractivity contribution in [2.45, 2.75) is 10.8 Å². The Bertz CT molecular complexity index is 5880. The highest BCUT2D eigenvalue weighted by Crippen LogP contribution is 2.66. The minimum absolute atomic E-state index is 0.158. The highest BCUT2D eigenvalue weighted by Gasteiger charge is 2.56. The van der Waals surface area contributed by atoms with Gasteiger partial charge in [-0.25, -0.2) is 0 Å². The monoisotopic (exact) mass is 1230 g/mol. The van der Waals surface area contributed by atoms with Gasteiger partial charge in [-0.05, 0) is 202 Å². The molecule has 0 bridgehead atoms. The Balaban J connectivity index is 0.806. The summed E-state index contributed by atoms with van der Waals surface area (Å²) in [6.07, 6.45) is 0. The molecule has 2 unspecified atom stereocenters. The first-order valence-electron chi connectivity index (χ1n) is 34.0. The van der Waals surface area contributed by atoms with Crippen molar-refractivity contribution in [2.24, 2.45) is 0 Å². The van der Waals surface area contributed by atoms with Crippen LogP contribution in [0.2, 0.25) is 0 Å². The third-order valence-corrected chi connectivity index (χ3v) is 23.1. The van der Waals surface area contributed by atoms with Crippen molar-refractivity contribution in [1.29, 1.82) is 0 Å². The van der Waals surface area contributed by atoms with Crippen LogP contribution in [0.15, 0.2) is 334 Å². The van der Waals surface area contributed by atoms with Gasteiger partial charge in [-0.3, -0.25) is 0 Å². The molecule has 0 saturated carbocycles. The Kier molecular flexibility index (Phi) is 10.0. The van der Waals surface area contributed by atoms with Gasteiger partial charge in [0.15, 0.2) is 0 Å². The zero-order valence-electron chi connectivity index (χ0n) is 52.6. The number of rotatable bonds is 4. The minimum Gasteiger partial charge on any atom is -0.311 e. The first-order valence-corrected chi connectivity index (χ1v) is 34.0. The van der Waals surface area contributed by atoms with Crippen LogP contribution in [0.1, 0.15) is 44.5 Å². The van der Waals surface area contributed by atoms with Crippen LogP contribution >= 0.6 is 0 Å². The van der Waals surface area contributed by atoms with Crippen LogP contribution in [0.4, 0.5) is 34.1 Å². The fourth-order valence-corrected chi connectivity index (χ4v) is 19.6. The van der Waals surface area contributed by atoms with Gasteiger partial charge in [0.25, 0.3) is 6.71 Å². The predicted molar refractivity (Wildman–Crippen MR) is 402 cm³/mol. The van der Waals surface area contributed by atoms with Gasteiger partial charge in [-0.1, -0.05) is 237 Å². The summed E-state index contributed by atoms with van der Waals surface area (Å²) in [4.78, 5) is 5.20. The molecule has 97 heavy (non-hydrogen) atoms. The summed E-state index contributed by atoms with van der Waals surface area (Å²) in [5.74, 6) is 0. The molecule has 2 spiro atoms. The summed E-state index contributed by atoms with van der Waals surface area (Å²) < 4.78 is 4.99. The van der Waals surface area contributed by atoms with Gasteiger partial charge in [0, 0.05) is 67.0 Å². The van der Waals surface area contributed by atoms with E-state index in [0.717, 1.165) is 22.7 Å². The third kappa shape index (κ3) is 6.36. The largest absolute Gasteiger partial charge is 0.311 e. The smallest absolute Gasteiger partial charge is 0.252 e. The van der Waals surface area contributed by atoms with Crippen molar-refractivity contribution in [3.63, 3.8) is 0 Å². The summed E-state index contributed by atoms with van der Waals surface area (Å²) >= 11 is 0. The van der Waals surface area contributed by atoms with Crippen LogP contribution in [-0.2, 0) is 10.8 Å². The van der Waals surface area contributed by atoms with E-state index in [1.807, 2.05) is 0 Å². The van der Waals surface area contributed by atoms with E-state index in [0.29, 0.717) is 0 Å². The van der Waals surface area contributed by atoms with Gasteiger partial charge >= 0.3 is 0 Å². The maximum Gasteiger partial charge on any atom is 0.252 e. The van der Waals surface area contributed by atoms with Crippen LogP contribution in [0.3, 0.4) is 0 Å². The first-order chi connectivity index (χ1) is 48.2. The SMILES string of the molecule is c1ccc(N2c3cc4c(cc3B3c5cc6c(cc5N(c5ccccc5)c5cccc2c53)C2(c3ccccc3-c3ccc(-n5c7ccccc7c7ccccc75)cc32)c2ccccc2-6)-c2ccccc2C42c3ccccc3-c3ccc(-n4c5ccccc5c5ccccc54)cc32)cc1. The van der Waals surface area contributed by atoms with E-state index in [-0.39, 0.29) is 6.71 Å². The second kappa shape index (κ2) is 18.7. The molecule has 4 aliphatic carbocycles. The second-order valence-corrected chi connectivity index (χ2v) is 27.3. The summed E-state index contributed by atoms with van der Waals surface area (Å²) in [6.45, 7) is -0.158. The molecule has 4 heterocycles. The highest BCUT2D eigenvalue weighted by molar-refractivity contribution is 7.00. The molecule has 2 aromatic heterocycles. The minimum atomic E-state index is -0.644. The molecule has 2 aliphatic heterocycles. The molecule has 4 nitrogen and oxygen atoms in total. The molecule has 0 amide bonds. The van der Waals surface area contributed by atoms with Gasteiger partial charge in [0.2, 0.25) is 0 Å². The molecule has 2 atom stereocenters. The standard InChI is InChI=1S/C92H55BN4/c1-3-24-56(25-4-1)94-86-44-23-45-87-90(86)93(80-52-70-62-30-9-17-38-74(62)91(78(70)54-88(80)94)72-36-15-7-28-60(72)64-48-46-58(50-76(64)91)96-82-40-19-11-32-66(82)67-33-12-20-41-83(67)96)81-53-71-63-31-10-18-39-75(63)92(79(71)55-89(81)95(87)57-26-5-2-6-27-57)73-37-16-8-29-61(73)65-49-47-59(51-77(65)92)97-84-42-21-13-34-68(84)69-35-14-22-43-85(69)97/h1-55H. The van der Waals surface area contributed by atoms with Crippen LogP contribution in [-0.4, -0.2) is 15.8 Å². The fraction of sp³-hybridized carbons (Fsp3) is 0.0217. The number of benzene rings is 15. The van der Waals surface area contributed by atoms with Crippen LogP contribution in [0.5, 0.6) is 0 Å². The van der Waals surface area contributed by atoms with Gasteiger partial charge in [-0.15, -0.1) is 0 Å². The lowest BCUT2D eigenvalue weighted by atomic mass is 9.33. The molecule has 446 valence electrons. The quantitative estimate of drug-likeness (QED) is 0.163. The fourth-order valence-electron chi connectivity index (χ4n) is 19.6. The molecule has 5 heteroatoms. The van der Waals surface area contributed by atoms with Gasteiger partial charge in [0.05, 0.1) is 32.9 Å². The molecule has 0 saturated heterocycles. The Hall–Kier alpha value is -12.4. The number of anilines is 6. The Labute approximate surface area is 561 Å². The van der Waals surface area contributed by atoms with E-state index in [2.05, 4.69) is 353 Å². The van der Waals surface area contributed by atoms with Gasteiger partial charge < -0.3 is 18.9 Å². The van der Waals surface area contributed by atoms with E-state index in [9.17, 15) is 0 Å². The summed E-state index contributed by atoms with van der Waals surface area (Å²) in [5.41, 5.74) is 37.5. The number of para-hydroxylation sites is 6. The molecular weight excluding hydrogens is 1170 g/mol. The zero-order valence-corrected chi connectivity index (χ0v) is 52.6. The van der Waals surface area contributed by atoms with Crippen LogP contribution in [0, 0.1) is 0 Å². The third-order valence-electron chi connectivity index (χ3n) is 23.1. The average molecular weight is 1230 g/mol. The summed E-state index contributed by atoms with van der Waals surface area (Å²) in [5, 5.41) is 5.03. The first kappa shape index (κ1) is 52.0. The van der Waals surface area contributed by atoms with E-state index in [4.69, 9.17) is 0 Å². The van der Waals surface area contributed by atoms with Crippen molar-refractivity contribution in [3.8, 4) is 55.9 Å². The summed E-state index contributed by atoms with van der Waals surface area (Å²) in [6, 6.07) is 128. The summed E-state index contributed by atoms with van der Waals surface area (Å²) in [7, 11) is 0. The van der Waals surface area contributed by atoms with Crippen LogP contribution < -0.4 is 26.2 Å². The molecule has 0 fully saturated rings. The molecule has 0 radical (unpaired) electrons. The molecule has 0 N–H and O–H groups in total. The maximum absolute atomic E-state index is 2.65. The van der Waals surface area contributed by atoms with Crippen molar-refractivity contribution < 1.29 is 0 Å². The molecular formula is C92H55BN4.